The molecule has 2 heterocycles. The normalized spacial score (nSPS) is 25.2. The standard InChI is InChI=1S/C12H22N4O3S/c1-4-20(18,19)15-7-5-6-12(17,9-15)11-8-16(10(2)3)14-13-11/h8,10,17H,4-7,9H2,1-3H3. The van der Waals surface area contributed by atoms with Gasteiger partial charge < -0.3 is 5.11 Å². The van der Waals surface area contributed by atoms with Crippen LogP contribution in [-0.4, -0.2) is 51.7 Å². The van der Waals surface area contributed by atoms with Gasteiger partial charge in [-0.3, -0.25) is 0 Å². The summed E-state index contributed by atoms with van der Waals surface area (Å²) in [7, 11) is -3.29. The SMILES string of the molecule is CCS(=O)(=O)N1CCCC(O)(c2cn(C(C)C)nn2)C1. The topological polar surface area (TPSA) is 88.3 Å². The van der Waals surface area contributed by atoms with Crippen LogP contribution in [-0.2, 0) is 15.6 Å². The van der Waals surface area contributed by atoms with E-state index >= 15 is 0 Å². The quantitative estimate of drug-likeness (QED) is 0.874. The number of rotatable bonds is 4. The average molecular weight is 302 g/mol. The minimum absolute atomic E-state index is 0.0434. The summed E-state index contributed by atoms with van der Waals surface area (Å²) in [4.78, 5) is 0. The largest absolute Gasteiger partial charge is 0.382 e. The molecule has 1 aromatic heterocycles. The molecule has 1 aromatic rings. The summed E-state index contributed by atoms with van der Waals surface area (Å²) >= 11 is 0. The molecule has 20 heavy (non-hydrogen) atoms. The van der Waals surface area contributed by atoms with Crippen LogP contribution in [0.2, 0.25) is 0 Å². The lowest BCUT2D eigenvalue weighted by Crippen LogP contribution is -2.49. The van der Waals surface area contributed by atoms with Crippen molar-refractivity contribution >= 4 is 10.0 Å². The maximum absolute atomic E-state index is 12.0. The van der Waals surface area contributed by atoms with Crippen LogP contribution in [0.5, 0.6) is 0 Å². The van der Waals surface area contributed by atoms with E-state index in [2.05, 4.69) is 10.3 Å². The maximum atomic E-state index is 12.0. The van der Waals surface area contributed by atoms with Crippen molar-refractivity contribution < 1.29 is 13.5 Å². The number of nitrogens with zero attached hydrogens (tertiary/aromatic N) is 4. The summed E-state index contributed by atoms with van der Waals surface area (Å²) in [5.74, 6) is 0.0434. The lowest BCUT2D eigenvalue weighted by molar-refractivity contribution is -0.0161. The van der Waals surface area contributed by atoms with E-state index in [4.69, 9.17) is 0 Å². The highest BCUT2D eigenvalue weighted by Crippen LogP contribution is 2.31. The van der Waals surface area contributed by atoms with Crippen LogP contribution < -0.4 is 0 Å². The second-order valence-electron chi connectivity index (χ2n) is 5.55. The van der Waals surface area contributed by atoms with Crippen molar-refractivity contribution in [2.24, 2.45) is 0 Å². The van der Waals surface area contributed by atoms with E-state index in [0.717, 1.165) is 0 Å². The molecule has 8 heteroatoms. The number of sulfonamides is 1. The smallest absolute Gasteiger partial charge is 0.213 e. The van der Waals surface area contributed by atoms with E-state index in [9.17, 15) is 13.5 Å². The second kappa shape index (κ2) is 5.42. The Kier molecular flexibility index (Phi) is 4.17. The molecule has 1 aliphatic rings. The third kappa shape index (κ3) is 2.87. The zero-order valence-corrected chi connectivity index (χ0v) is 13.0. The Morgan fingerprint density at radius 3 is 2.75 bits per heavy atom. The Balaban J connectivity index is 2.25. The average Bonchev–Trinajstić information content (AvgIpc) is 2.89. The monoisotopic (exact) mass is 302 g/mol. The summed E-state index contributed by atoms with van der Waals surface area (Å²) in [6.45, 7) is 6.06. The third-order valence-corrected chi connectivity index (χ3v) is 5.54. The van der Waals surface area contributed by atoms with E-state index in [-0.39, 0.29) is 18.3 Å². The van der Waals surface area contributed by atoms with Crippen molar-refractivity contribution in [3.8, 4) is 0 Å². The zero-order chi connectivity index (χ0) is 15.0. The number of β-amino-alcohol motifs (C(OH)–C–C–N with tert-alkyl or cyclic N) is 1. The van der Waals surface area contributed by atoms with Crippen LogP contribution >= 0.6 is 0 Å². The fourth-order valence-electron chi connectivity index (χ4n) is 2.37. The van der Waals surface area contributed by atoms with E-state index in [1.807, 2.05) is 13.8 Å². The van der Waals surface area contributed by atoms with Gasteiger partial charge in [0.15, 0.2) is 0 Å². The summed E-state index contributed by atoms with van der Waals surface area (Å²) in [5, 5.41) is 18.7. The number of piperidine rings is 1. The molecular weight excluding hydrogens is 280 g/mol. The molecule has 0 amide bonds. The summed E-state index contributed by atoms with van der Waals surface area (Å²) in [6.07, 6.45) is 2.82. The predicted octanol–water partition coefficient (Wildman–Crippen LogP) is 0.492. The molecule has 1 aliphatic heterocycles. The van der Waals surface area contributed by atoms with Gasteiger partial charge in [0.1, 0.15) is 11.3 Å². The van der Waals surface area contributed by atoms with Gasteiger partial charge in [-0.15, -0.1) is 5.10 Å². The first kappa shape index (κ1) is 15.4. The fourth-order valence-corrected chi connectivity index (χ4v) is 3.55. The zero-order valence-electron chi connectivity index (χ0n) is 12.2. The molecule has 1 unspecified atom stereocenters. The van der Waals surface area contributed by atoms with Crippen molar-refractivity contribution in [1.29, 1.82) is 0 Å². The van der Waals surface area contributed by atoms with Gasteiger partial charge in [-0.05, 0) is 33.6 Å². The van der Waals surface area contributed by atoms with Crippen LogP contribution in [0.1, 0.15) is 45.3 Å². The molecule has 0 bridgehead atoms. The Bertz CT molecular complexity index is 569. The van der Waals surface area contributed by atoms with Crippen LogP contribution in [0, 0.1) is 0 Å². The predicted molar refractivity (Wildman–Crippen MR) is 74.6 cm³/mol. The van der Waals surface area contributed by atoms with Gasteiger partial charge >= 0.3 is 0 Å². The van der Waals surface area contributed by atoms with Gasteiger partial charge in [0, 0.05) is 19.1 Å². The fraction of sp³-hybridized carbons (Fsp3) is 0.833. The summed E-state index contributed by atoms with van der Waals surface area (Å²) < 4.78 is 26.9. The van der Waals surface area contributed by atoms with Gasteiger partial charge in [0.2, 0.25) is 10.0 Å². The van der Waals surface area contributed by atoms with Crippen molar-refractivity contribution in [2.45, 2.75) is 45.3 Å². The molecule has 0 aromatic carbocycles. The molecule has 1 atom stereocenters. The van der Waals surface area contributed by atoms with Crippen molar-refractivity contribution in [3.05, 3.63) is 11.9 Å². The molecule has 0 radical (unpaired) electrons. The van der Waals surface area contributed by atoms with Crippen LogP contribution in [0.15, 0.2) is 6.20 Å². The minimum Gasteiger partial charge on any atom is -0.382 e. The molecule has 7 nitrogen and oxygen atoms in total. The highest BCUT2D eigenvalue weighted by Gasteiger charge is 2.40. The highest BCUT2D eigenvalue weighted by molar-refractivity contribution is 7.89. The molecule has 1 saturated heterocycles. The first-order valence-electron chi connectivity index (χ1n) is 6.91. The maximum Gasteiger partial charge on any atom is 0.213 e. The number of aromatic nitrogens is 3. The van der Waals surface area contributed by atoms with Gasteiger partial charge in [0.05, 0.1) is 11.9 Å². The molecule has 114 valence electrons. The Morgan fingerprint density at radius 1 is 1.50 bits per heavy atom. The molecular formula is C12H22N4O3S. The molecule has 0 saturated carbocycles. The first-order chi connectivity index (χ1) is 9.28. The van der Waals surface area contributed by atoms with E-state index in [0.29, 0.717) is 25.1 Å². The molecule has 1 fully saturated rings. The molecule has 1 N–H and O–H groups in total. The van der Waals surface area contributed by atoms with Crippen LogP contribution in [0.25, 0.3) is 0 Å². The number of hydrogen-bond acceptors (Lipinski definition) is 5. The third-order valence-electron chi connectivity index (χ3n) is 3.71. The highest BCUT2D eigenvalue weighted by atomic mass is 32.2. The lowest BCUT2D eigenvalue weighted by Gasteiger charge is -2.36. The van der Waals surface area contributed by atoms with Gasteiger partial charge in [0.25, 0.3) is 0 Å². The molecule has 0 aliphatic carbocycles. The second-order valence-corrected chi connectivity index (χ2v) is 7.80. The Hall–Kier alpha value is -0.990. The van der Waals surface area contributed by atoms with Crippen LogP contribution in [0.4, 0.5) is 0 Å². The molecule has 2 rings (SSSR count). The van der Waals surface area contributed by atoms with Crippen molar-refractivity contribution in [3.63, 3.8) is 0 Å². The minimum atomic E-state index is -3.29. The van der Waals surface area contributed by atoms with Crippen molar-refractivity contribution in [1.82, 2.24) is 19.3 Å². The van der Waals surface area contributed by atoms with Gasteiger partial charge in [-0.25, -0.2) is 13.1 Å². The lowest BCUT2D eigenvalue weighted by atomic mass is 9.91. The van der Waals surface area contributed by atoms with Gasteiger partial charge in [-0.1, -0.05) is 5.21 Å². The molecule has 0 spiro atoms. The van der Waals surface area contributed by atoms with Crippen LogP contribution in [0.3, 0.4) is 0 Å². The first-order valence-corrected chi connectivity index (χ1v) is 8.52. The summed E-state index contributed by atoms with van der Waals surface area (Å²) in [5.41, 5.74) is -0.796. The Morgan fingerprint density at radius 2 is 2.20 bits per heavy atom. The summed E-state index contributed by atoms with van der Waals surface area (Å²) in [6, 6.07) is 0.152. The van der Waals surface area contributed by atoms with E-state index < -0.39 is 15.6 Å². The Labute approximate surface area is 119 Å². The van der Waals surface area contributed by atoms with Gasteiger partial charge in [-0.2, -0.15) is 4.31 Å². The van der Waals surface area contributed by atoms with E-state index in [1.165, 1.54) is 4.31 Å². The number of aliphatic hydroxyl groups is 1. The number of hydrogen-bond donors (Lipinski definition) is 1. The van der Waals surface area contributed by atoms with E-state index in [1.54, 1.807) is 17.8 Å². The van der Waals surface area contributed by atoms with Crippen molar-refractivity contribution in [2.75, 3.05) is 18.8 Å².